The van der Waals surface area contributed by atoms with Gasteiger partial charge in [0, 0.05) is 39.0 Å². The number of halogens is 2. The fraction of sp³-hybridized carbons (Fsp3) is 0.562. The van der Waals surface area contributed by atoms with Gasteiger partial charge in [-0.25, -0.2) is 8.42 Å². The fourth-order valence-electron chi connectivity index (χ4n) is 2.75. The summed E-state index contributed by atoms with van der Waals surface area (Å²) in [7, 11) is -1.44. The number of hydrogen-bond donors (Lipinski definition) is 2. The number of nitrogens with one attached hydrogen (secondary N) is 2. The summed E-state index contributed by atoms with van der Waals surface area (Å²) in [5.74, 6) is 0.680. The largest absolute Gasteiger partial charge is 0.433 e. The van der Waals surface area contributed by atoms with E-state index in [1.807, 2.05) is 4.90 Å². The molecule has 1 aliphatic heterocycles. The van der Waals surface area contributed by atoms with Gasteiger partial charge in [0.1, 0.15) is 15.6 Å². The summed E-state index contributed by atoms with van der Waals surface area (Å²) in [6.07, 6.45) is 1.97. The van der Waals surface area contributed by atoms with Crippen LogP contribution in [0, 0.1) is 0 Å². The Kier molecular flexibility index (Phi) is 7.01. The third kappa shape index (κ3) is 6.32. The molecule has 0 spiro atoms. The molecule has 0 radical (unpaired) electrons. The number of hydrogen-bond acceptors (Lipinski definition) is 5. The maximum atomic E-state index is 12.6. The van der Waals surface area contributed by atoms with Gasteiger partial charge in [-0.2, -0.15) is 8.78 Å². The summed E-state index contributed by atoms with van der Waals surface area (Å²) in [5.41, 5.74) is 0.622. The first kappa shape index (κ1) is 20.2. The average Bonchev–Trinajstić information content (AvgIpc) is 3.01. The van der Waals surface area contributed by atoms with Crippen LogP contribution in [-0.4, -0.2) is 65.7 Å². The number of alkyl halides is 2. The molecule has 1 aromatic carbocycles. The smallest absolute Gasteiger partial charge is 0.387 e. The zero-order chi connectivity index (χ0) is 19.2. The van der Waals surface area contributed by atoms with E-state index in [0.717, 1.165) is 6.42 Å². The standard InChI is InChI=1S/C16H24F2N4O3S/c1-19-16(20-8-10-26(2,23)24)21-12-7-9-22(11-12)13-5-3-4-6-14(13)25-15(17)18/h3-6,12,15H,7-11H2,1-2H3,(H2,19,20,21). The molecule has 7 nitrogen and oxygen atoms in total. The minimum atomic E-state index is -3.04. The normalized spacial score (nSPS) is 18.3. The van der Waals surface area contributed by atoms with Crippen LogP contribution in [0.1, 0.15) is 6.42 Å². The van der Waals surface area contributed by atoms with Crippen LogP contribution in [0.2, 0.25) is 0 Å². The van der Waals surface area contributed by atoms with Crippen molar-refractivity contribution in [2.24, 2.45) is 4.99 Å². The molecule has 1 heterocycles. The van der Waals surface area contributed by atoms with Crippen LogP contribution in [0.15, 0.2) is 29.3 Å². The number of guanidine groups is 1. The molecular weight excluding hydrogens is 366 g/mol. The van der Waals surface area contributed by atoms with Gasteiger partial charge in [0.2, 0.25) is 0 Å². The number of aliphatic imine (C=N–C) groups is 1. The van der Waals surface area contributed by atoms with E-state index in [2.05, 4.69) is 20.4 Å². The molecular formula is C16H24F2N4O3S. The van der Waals surface area contributed by atoms with Crippen molar-refractivity contribution in [2.45, 2.75) is 19.1 Å². The van der Waals surface area contributed by atoms with Gasteiger partial charge in [-0.15, -0.1) is 0 Å². The van der Waals surface area contributed by atoms with E-state index in [4.69, 9.17) is 0 Å². The van der Waals surface area contributed by atoms with Gasteiger partial charge < -0.3 is 20.3 Å². The second-order valence-electron chi connectivity index (χ2n) is 6.05. The third-order valence-corrected chi connectivity index (χ3v) is 4.89. The Morgan fingerprint density at radius 3 is 2.81 bits per heavy atom. The molecule has 0 aromatic heterocycles. The summed E-state index contributed by atoms with van der Waals surface area (Å²) in [6.45, 7) is -1.33. The van der Waals surface area contributed by atoms with Crippen LogP contribution in [-0.2, 0) is 9.84 Å². The lowest BCUT2D eigenvalue weighted by Crippen LogP contribution is -2.45. The molecule has 26 heavy (non-hydrogen) atoms. The zero-order valence-corrected chi connectivity index (χ0v) is 15.6. The Bertz CT molecular complexity index is 728. The highest BCUT2D eigenvalue weighted by Gasteiger charge is 2.26. The maximum absolute atomic E-state index is 12.6. The SMILES string of the molecule is CN=C(NCCS(C)(=O)=O)NC1CCN(c2ccccc2OC(F)F)C1. The lowest BCUT2D eigenvalue weighted by Gasteiger charge is -2.22. The minimum absolute atomic E-state index is 0.0167. The maximum Gasteiger partial charge on any atom is 0.387 e. The molecule has 1 aromatic rings. The summed E-state index contributed by atoms with van der Waals surface area (Å²) in [6, 6.07) is 6.76. The van der Waals surface area contributed by atoms with Crippen LogP contribution in [0.25, 0.3) is 0 Å². The van der Waals surface area contributed by atoms with E-state index in [1.54, 1.807) is 25.2 Å². The highest BCUT2D eigenvalue weighted by atomic mass is 32.2. The molecule has 2 N–H and O–H groups in total. The molecule has 1 unspecified atom stereocenters. The van der Waals surface area contributed by atoms with Gasteiger partial charge in [0.25, 0.3) is 0 Å². The predicted octanol–water partition coefficient (Wildman–Crippen LogP) is 1.08. The number of para-hydroxylation sites is 2. The van der Waals surface area contributed by atoms with Gasteiger partial charge in [-0.3, -0.25) is 4.99 Å². The lowest BCUT2D eigenvalue weighted by atomic mass is 10.2. The minimum Gasteiger partial charge on any atom is -0.433 e. The van der Waals surface area contributed by atoms with E-state index in [9.17, 15) is 17.2 Å². The molecule has 0 aliphatic carbocycles. The summed E-state index contributed by atoms with van der Waals surface area (Å²) in [4.78, 5) is 6.05. The Labute approximate surface area is 152 Å². The molecule has 10 heteroatoms. The number of ether oxygens (including phenoxy) is 1. The first-order valence-electron chi connectivity index (χ1n) is 8.22. The van der Waals surface area contributed by atoms with Crippen LogP contribution in [0.3, 0.4) is 0 Å². The fourth-order valence-corrected chi connectivity index (χ4v) is 3.23. The van der Waals surface area contributed by atoms with Gasteiger partial charge in [0.15, 0.2) is 5.96 Å². The van der Waals surface area contributed by atoms with Crippen LogP contribution < -0.4 is 20.3 Å². The molecule has 0 saturated carbocycles. The van der Waals surface area contributed by atoms with E-state index in [0.29, 0.717) is 24.7 Å². The van der Waals surface area contributed by atoms with Crippen molar-refractivity contribution in [1.29, 1.82) is 0 Å². The number of nitrogens with zero attached hydrogens (tertiary/aromatic N) is 2. The molecule has 0 bridgehead atoms. The van der Waals surface area contributed by atoms with Crippen molar-refractivity contribution in [3.8, 4) is 5.75 Å². The third-order valence-electron chi connectivity index (χ3n) is 3.94. The molecule has 2 rings (SSSR count). The van der Waals surface area contributed by atoms with Gasteiger partial charge in [-0.1, -0.05) is 12.1 Å². The average molecular weight is 390 g/mol. The van der Waals surface area contributed by atoms with E-state index < -0.39 is 16.4 Å². The first-order valence-corrected chi connectivity index (χ1v) is 10.3. The van der Waals surface area contributed by atoms with Crippen molar-refractivity contribution in [3.63, 3.8) is 0 Å². The highest BCUT2D eigenvalue weighted by Crippen LogP contribution is 2.31. The Morgan fingerprint density at radius 2 is 2.15 bits per heavy atom. The van der Waals surface area contributed by atoms with E-state index in [-0.39, 0.29) is 24.1 Å². The van der Waals surface area contributed by atoms with Crippen molar-refractivity contribution >= 4 is 21.5 Å². The number of sulfone groups is 1. The number of anilines is 1. The quantitative estimate of drug-likeness (QED) is 0.536. The van der Waals surface area contributed by atoms with E-state index >= 15 is 0 Å². The predicted molar refractivity (Wildman–Crippen MR) is 97.9 cm³/mol. The molecule has 1 atom stereocenters. The molecule has 1 saturated heterocycles. The Hall–Kier alpha value is -2.10. The molecule has 0 amide bonds. The van der Waals surface area contributed by atoms with Gasteiger partial charge >= 0.3 is 6.61 Å². The second-order valence-corrected chi connectivity index (χ2v) is 8.31. The van der Waals surface area contributed by atoms with Gasteiger partial charge in [0.05, 0.1) is 11.4 Å². The van der Waals surface area contributed by atoms with Crippen LogP contribution in [0.4, 0.5) is 14.5 Å². The Morgan fingerprint density at radius 1 is 1.42 bits per heavy atom. The zero-order valence-electron chi connectivity index (χ0n) is 14.8. The summed E-state index contributed by atoms with van der Waals surface area (Å²) < 4.78 is 52.1. The molecule has 1 fully saturated rings. The first-order chi connectivity index (χ1) is 12.3. The van der Waals surface area contributed by atoms with Crippen molar-refractivity contribution < 1.29 is 21.9 Å². The van der Waals surface area contributed by atoms with Crippen LogP contribution >= 0.6 is 0 Å². The summed E-state index contributed by atoms with van der Waals surface area (Å²) in [5, 5.41) is 6.19. The van der Waals surface area contributed by atoms with Crippen molar-refractivity contribution in [3.05, 3.63) is 24.3 Å². The lowest BCUT2D eigenvalue weighted by molar-refractivity contribution is -0.0495. The van der Waals surface area contributed by atoms with Crippen LogP contribution in [0.5, 0.6) is 5.75 Å². The van der Waals surface area contributed by atoms with Crippen molar-refractivity contribution in [1.82, 2.24) is 10.6 Å². The second kappa shape index (κ2) is 9.02. The monoisotopic (exact) mass is 390 g/mol. The number of benzene rings is 1. The molecule has 1 aliphatic rings. The van der Waals surface area contributed by atoms with Gasteiger partial charge in [-0.05, 0) is 18.6 Å². The summed E-state index contributed by atoms with van der Waals surface area (Å²) >= 11 is 0. The molecule has 146 valence electrons. The highest BCUT2D eigenvalue weighted by molar-refractivity contribution is 7.90. The van der Waals surface area contributed by atoms with E-state index in [1.165, 1.54) is 12.3 Å². The number of rotatable bonds is 7. The topological polar surface area (TPSA) is 83.0 Å². The van der Waals surface area contributed by atoms with Crippen molar-refractivity contribution in [2.75, 3.05) is 43.6 Å². The Balaban J connectivity index is 1.92.